The summed E-state index contributed by atoms with van der Waals surface area (Å²) in [6, 6.07) is 7.88. The molecule has 7 heteroatoms. The molecule has 3 N–H and O–H groups in total. The lowest BCUT2D eigenvalue weighted by atomic mass is 10.2. The zero-order valence-electron chi connectivity index (χ0n) is 13.6. The number of hydrogen-bond acceptors (Lipinski definition) is 3. The van der Waals surface area contributed by atoms with Gasteiger partial charge in [-0.2, -0.15) is 0 Å². The number of carbonyl (C=O) groups excluding carboxylic acids is 1. The van der Waals surface area contributed by atoms with E-state index in [-0.39, 0.29) is 35.8 Å². The number of nitrogens with one attached hydrogen (secondary N) is 3. The largest absolute Gasteiger partial charge is 0.497 e. The lowest BCUT2D eigenvalue weighted by molar-refractivity contribution is -0.122. The molecule has 1 aliphatic rings. The molecule has 0 aromatic heterocycles. The van der Waals surface area contributed by atoms with Crippen LogP contribution in [0.2, 0.25) is 0 Å². The average molecular weight is 432 g/mol. The highest BCUT2D eigenvalue weighted by Crippen LogP contribution is 2.28. The molecule has 1 amide bonds. The zero-order chi connectivity index (χ0) is 15.8. The number of hydrogen-bond donors (Lipinski definition) is 3. The van der Waals surface area contributed by atoms with Crippen molar-refractivity contribution >= 4 is 35.8 Å². The fourth-order valence-electron chi connectivity index (χ4n) is 2.01. The van der Waals surface area contributed by atoms with Crippen LogP contribution < -0.4 is 20.7 Å². The van der Waals surface area contributed by atoms with E-state index in [0.717, 1.165) is 30.1 Å². The summed E-state index contributed by atoms with van der Waals surface area (Å²) < 4.78 is 5.13. The Balaban J connectivity index is 0.00000264. The second-order valence-corrected chi connectivity index (χ2v) is 5.27. The number of halogens is 1. The van der Waals surface area contributed by atoms with Crippen LogP contribution in [0.15, 0.2) is 29.3 Å². The number of aliphatic imine (C=N–C) groups is 1. The van der Waals surface area contributed by atoms with E-state index >= 15 is 0 Å². The molecule has 0 saturated heterocycles. The Labute approximate surface area is 154 Å². The smallest absolute Gasteiger partial charge is 0.223 e. The summed E-state index contributed by atoms with van der Waals surface area (Å²) in [5.74, 6) is 1.99. The molecule has 0 aliphatic heterocycles. The third-order valence-electron chi connectivity index (χ3n) is 3.51. The highest BCUT2D eigenvalue weighted by atomic mass is 127. The van der Waals surface area contributed by atoms with Crippen LogP contribution >= 0.6 is 24.0 Å². The van der Waals surface area contributed by atoms with E-state index in [1.165, 1.54) is 0 Å². The van der Waals surface area contributed by atoms with Crippen LogP contribution in [0, 0.1) is 5.92 Å². The first-order valence-electron chi connectivity index (χ1n) is 7.58. The summed E-state index contributed by atoms with van der Waals surface area (Å²) in [4.78, 5) is 15.6. The number of nitrogens with zero attached hydrogens (tertiary/aromatic N) is 1. The van der Waals surface area contributed by atoms with Gasteiger partial charge in [0.1, 0.15) is 5.75 Å². The van der Waals surface area contributed by atoms with Crippen LogP contribution in [-0.4, -0.2) is 39.1 Å². The van der Waals surface area contributed by atoms with Crippen LogP contribution in [-0.2, 0) is 11.3 Å². The Hall–Kier alpha value is -1.51. The minimum atomic E-state index is 0. The molecule has 1 aromatic rings. The second-order valence-electron chi connectivity index (χ2n) is 5.27. The van der Waals surface area contributed by atoms with Crippen molar-refractivity contribution in [1.29, 1.82) is 0 Å². The first-order chi connectivity index (χ1) is 10.7. The molecule has 1 aliphatic carbocycles. The van der Waals surface area contributed by atoms with Gasteiger partial charge in [0.15, 0.2) is 5.96 Å². The van der Waals surface area contributed by atoms with Crippen molar-refractivity contribution in [2.24, 2.45) is 10.9 Å². The van der Waals surface area contributed by atoms with Gasteiger partial charge in [-0.3, -0.25) is 9.79 Å². The van der Waals surface area contributed by atoms with Gasteiger partial charge in [-0.25, -0.2) is 0 Å². The summed E-state index contributed by atoms with van der Waals surface area (Å²) in [6.45, 7) is 1.94. The molecular formula is C16H25IN4O2. The van der Waals surface area contributed by atoms with Crippen molar-refractivity contribution in [1.82, 2.24) is 16.0 Å². The Bertz CT molecular complexity index is 515. The van der Waals surface area contributed by atoms with Gasteiger partial charge in [-0.05, 0) is 30.5 Å². The van der Waals surface area contributed by atoms with Gasteiger partial charge < -0.3 is 20.7 Å². The van der Waals surface area contributed by atoms with E-state index in [4.69, 9.17) is 4.74 Å². The Kier molecular flexibility index (Phi) is 8.75. The van der Waals surface area contributed by atoms with Crippen molar-refractivity contribution in [3.63, 3.8) is 0 Å². The van der Waals surface area contributed by atoms with Crippen LogP contribution in [0.5, 0.6) is 5.75 Å². The minimum absolute atomic E-state index is 0. The summed E-state index contributed by atoms with van der Waals surface area (Å²) in [5, 5.41) is 9.32. The number of carbonyl (C=O) groups is 1. The van der Waals surface area contributed by atoms with Crippen molar-refractivity contribution < 1.29 is 9.53 Å². The molecule has 0 unspecified atom stereocenters. The van der Waals surface area contributed by atoms with Gasteiger partial charge in [-0.15, -0.1) is 24.0 Å². The first-order valence-corrected chi connectivity index (χ1v) is 7.58. The molecule has 23 heavy (non-hydrogen) atoms. The molecule has 128 valence electrons. The van der Waals surface area contributed by atoms with Crippen LogP contribution in [0.4, 0.5) is 0 Å². The number of benzene rings is 1. The normalized spacial score (nSPS) is 13.7. The summed E-state index contributed by atoms with van der Waals surface area (Å²) in [6.07, 6.45) is 2.06. The molecule has 6 nitrogen and oxygen atoms in total. The van der Waals surface area contributed by atoms with Crippen LogP contribution in [0.1, 0.15) is 18.4 Å². The van der Waals surface area contributed by atoms with Gasteiger partial charge in [0.05, 0.1) is 7.11 Å². The van der Waals surface area contributed by atoms with E-state index in [2.05, 4.69) is 20.9 Å². The lowest BCUT2D eigenvalue weighted by Crippen LogP contribution is -2.41. The van der Waals surface area contributed by atoms with E-state index < -0.39 is 0 Å². The topological polar surface area (TPSA) is 74.8 Å². The molecule has 0 atom stereocenters. The number of rotatable bonds is 7. The Morgan fingerprint density at radius 1 is 1.17 bits per heavy atom. The van der Waals surface area contributed by atoms with Gasteiger partial charge in [0.25, 0.3) is 0 Å². The molecule has 1 aromatic carbocycles. The third kappa shape index (κ3) is 7.06. The molecule has 1 fully saturated rings. The van der Waals surface area contributed by atoms with E-state index in [1.807, 2.05) is 24.3 Å². The predicted octanol–water partition coefficient (Wildman–Crippen LogP) is 1.50. The molecule has 0 heterocycles. The average Bonchev–Trinajstić information content (AvgIpc) is 3.39. The maximum atomic E-state index is 11.5. The monoisotopic (exact) mass is 432 g/mol. The Morgan fingerprint density at radius 3 is 2.39 bits per heavy atom. The lowest BCUT2D eigenvalue weighted by Gasteiger charge is -2.12. The molecule has 2 rings (SSSR count). The summed E-state index contributed by atoms with van der Waals surface area (Å²) in [7, 11) is 3.38. The van der Waals surface area contributed by atoms with Crippen molar-refractivity contribution in [3.05, 3.63) is 29.8 Å². The van der Waals surface area contributed by atoms with Gasteiger partial charge in [0.2, 0.25) is 5.91 Å². The fourth-order valence-corrected chi connectivity index (χ4v) is 2.01. The van der Waals surface area contributed by atoms with Crippen molar-refractivity contribution in [2.75, 3.05) is 27.2 Å². The quantitative estimate of drug-likeness (QED) is 0.264. The first kappa shape index (κ1) is 19.5. The minimum Gasteiger partial charge on any atom is -0.497 e. The number of methoxy groups -OCH3 is 1. The summed E-state index contributed by atoms with van der Waals surface area (Å²) in [5.41, 5.74) is 1.14. The fraction of sp³-hybridized carbons (Fsp3) is 0.500. The molecule has 0 bridgehead atoms. The molecular weight excluding hydrogens is 407 g/mol. The van der Waals surface area contributed by atoms with Crippen molar-refractivity contribution in [3.8, 4) is 5.75 Å². The highest BCUT2D eigenvalue weighted by Gasteiger charge is 2.28. The zero-order valence-corrected chi connectivity index (χ0v) is 15.9. The van der Waals surface area contributed by atoms with Crippen LogP contribution in [0.25, 0.3) is 0 Å². The van der Waals surface area contributed by atoms with Gasteiger partial charge in [-0.1, -0.05) is 12.1 Å². The maximum Gasteiger partial charge on any atom is 0.223 e. The number of amides is 1. The Morgan fingerprint density at radius 2 is 1.83 bits per heavy atom. The SMILES string of the molecule is CN=C(NCCNC(=O)C1CC1)NCc1ccc(OC)cc1.I. The van der Waals surface area contributed by atoms with E-state index in [0.29, 0.717) is 19.6 Å². The maximum absolute atomic E-state index is 11.5. The van der Waals surface area contributed by atoms with Gasteiger partial charge >= 0.3 is 0 Å². The van der Waals surface area contributed by atoms with Crippen molar-refractivity contribution in [2.45, 2.75) is 19.4 Å². The second kappa shape index (κ2) is 10.3. The molecule has 0 spiro atoms. The highest BCUT2D eigenvalue weighted by molar-refractivity contribution is 14.0. The number of ether oxygens (including phenoxy) is 1. The number of guanidine groups is 1. The molecule has 0 radical (unpaired) electrons. The van der Waals surface area contributed by atoms with E-state index in [1.54, 1.807) is 14.2 Å². The van der Waals surface area contributed by atoms with E-state index in [9.17, 15) is 4.79 Å². The standard InChI is InChI=1S/C16H24N4O2.HI/c1-17-16(19-10-9-18-15(21)13-5-6-13)20-11-12-3-7-14(22-2)8-4-12;/h3-4,7-8,13H,5-6,9-11H2,1-2H3,(H,18,21)(H2,17,19,20);1H. The van der Waals surface area contributed by atoms with Crippen LogP contribution in [0.3, 0.4) is 0 Å². The van der Waals surface area contributed by atoms with Gasteiger partial charge in [0, 0.05) is 32.6 Å². The third-order valence-corrected chi connectivity index (χ3v) is 3.51. The predicted molar refractivity (Wildman–Crippen MR) is 102 cm³/mol. The summed E-state index contributed by atoms with van der Waals surface area (Å²) >= 11 is 0. The molecule has 1 saturated carbocycles.